The first-order chi connectivity index (χ1) is 19.5. The number of fused-ring (bicyclic) bond motifs is 2. The first-order valence-electron chi connectivity index (χ1n) is 12.7. The molecule has 0 bridgehead atoms. The van der Waals surface area contributed by atoms with E-state index in [2.05, 4.69) is 80.4 Å². The number of nitrogens with zero attached hydrogens (tertiary/aromatic N) is 2. The molecule has 3 heterocycles. The zero-order valence-electron chi connectivity index (χ0n) is 23.5. The van der Waals surface area contributed by atoms with Gasteiger partial charge in [0.1, 0.15) is 0 Å². The number of hydrogen-bond acceptors (Lipinski definition) is 7. The van der Waals surface area contributed by atoms with Gasteiger partial charge in [0, 0.05) is 44.0 Å². The van der Waals surface area contributed by atoms with Crippen LogP contribution in [0.2, 0.25) is 0 Å². The van der Waals surface area contributed by atoms with E-state index >= 15 is 0 Å². The van der Waals surface area contributed by atoms with Crippen molar-refractivity contribution < 1.29 is 21.2 Å². The monoisotopic (exact) mass is 707 g/mol. The SMILES string of the molecule is C=C=C.CNS(=O)(=O)c1cc2c(cc1Br)CCN2.CNS(=O)(=O)c1cc2c(cc1Br)CCN2Cc1cnc[nH]1.[2HH].[2H][2H]. The van der Waals surface area contributed by atoms with Crippen LogP contribution in [0.3, 0.4) is 0 Å². The number of aromatic amines is 1. The highest BCUT2D eigenvalue weighted by atomic mass is 79.9. The van der Waals surface area contributed by atoms with E-state index in [-0.39, 0.29) is 11.2 Å². The van der Waals surface area contributed by atoms with Gasteiger partial charge < -0.3 is 15.2 Å². The fraction of sp³-hybridized carbons (Fsp3) is 0.280. The summed E-state index contributed by atoms with van der Waals surface area (Å²) in [5.41, 5.74) is 7.42. The Morgan fingerprint density at radius 1 is 1.03 bits per heavy atom. The quantitative estimate of drug-likeness (QED) is 0.279. The van der Waals surface area contributed by atoms with Crippen molar-refractivity contribution in [2.24, 2.45) is 0 Å². The molecule has 39 heavy (non-hydrogen) atoms. The second kappa shape index (κ2) is 13.3. The van der Waals surface area contributed by atoms with Gasteiger partial charge in [0.05, 0.1) is 28.4 Å². The van der Waals surface area contributed by atoms with Crippen LogP contribution in [0.15, 0.2) is 74.4 Å². The zero-order chi connectivity index (χ0) is 30.8. The molecule has 2 aliphatic heterocycles. The Kier molecular flexibility index (Phi) is 10.0. The molecule has 0 fully saturated rings. The standard InChI is InChI=1S/C13H15BrN4O2S.C9H11BrN2O2S.C3H4.2H2/c1-15-21(19,20)13-5-12-9(4-11(13)14)2-3-18(12)7-10-6-16-8-17-10;1-11-15(13,14)9-5-8-6(2-3-12-8)4-7(9)10;1-3-2;;/h4-6,8,15H,2-3,7H2,1H3,(H,16,17);4-5,11-12H,2-3H2,1H3;1-2H2;2*1H/i;;;1+1D;1+1. The van der Waals surface area contributed by atoms with Crippen LogP contribution in [-0.2, 0) is 39.4 Å². The average Bonchev–Trinajstić information content (AvgIpc) is 3.72. The number of rotatable bonds is 6. The number of imidazole rings is 1. The minimum absolute atomic E-state index is 0. The van der Waals surface area contributed by atoms with E-state index in [1.54, 1.807) is 24.7 Å². The first-order valence-corrected chi connectivity index (χ1v) is 16.3. The molecular formula is C25H34Br2N6O4S2. The Balaban J connectivity index is 0.000000370. The van der Waals surface area contributed by atoms with Crippen molar-refractivity contribution in [2.45, 2.75) is 29.2 Å². The molecule has 214 valence electrons. The lowest BCUT2D eigenvalue weighted by Gasteiger charge is -2.19. The number of sulfonamides is 2. The van der Waals surface area contributed by atoms with Gasteiger partial charge >= 0.3 is 0 Å². The maximum atomic E-state index is 12.1. The van der Waals surface area contributed by atoms with Gasteiger partial charge in [-0.25, -0.2) is 31.3 Å². The summed E-state index contributed by atoms with van der Waals surface area (Å²) in [6, 6.07) is 7.15. The second-order valence-electron chi connectivity index (χ2n) is 8.44. The number of hydrogen-bond donors (Lipinski definition) is 4. The molecule has 0 radical (unpaired) electrons. The summed E-state index contributed by atoms with van der Waals surface area (Å²) in [7, 11) is -4.05. The lowest BCUT2D eigenvalue weighted by atomic mass is 10.2. The molecule has 14 heteroatoms. The lowest BCUT2D eigenvalue weighted by Crippen LogP contribution is -2.22. The van der Waals surface area contributed by atoms with Crippen LogP contribution in [0.1, 0.15) is 21.2 Å². The van der Waals surface area contributed by atoms with E-state index in [1.807, 2.05) is 12.1 Å². The summed E-state index contributed by atoms with van der Waals surface area (Å²) >= 11 is 6.63. The number of benzene rings is 2. The fourth-order valence-corrected chi connectivity index (χ4v) is 7.80. The molecule has 0 atom stereocenters. The fourth-order valence-electron chi connectivity index (χ4n) is 4.12. The number of H-pyrrole nitrogens is 1. The molecule has 0 aliphatic carbocycles. The maximum Gasteiger partial charge on any atom is 0.241 e. The third kappa shape index (κ3) is 7.40. The number of anilines is 2. The van der Waals surface area contributed by atoms with Crippen molar-refractivity contribution in [2.75, 3.05) is 37.4 Å². The van der Waals surface area contributed by atoms with Gasteiger partial charge in [0.15, 0.2) is 0 Å². The molecule has 4 N–H and O–H groups in total. The smallest absolute Gasteiger partial charge is 0.241 e. The molecule has 1 aromatic heterocycles. The largest absolute Gasteiger partial charge is 0.384 e. The Labute approximate surface area is 250 Å². The van der Waals surface area contributed by atoms with Crippen LogP contribution >= 0.6 is 31.9 Å². The normalized spacial score (nSPS) is 13.9. The molecule has 0 unspecified atom stereocenters. The molecule has 0 spiro atoms. The van der Waals surface area contributed by atoms with Gasteiger partial charge in [-0.05, 0) is 94.2 Å². The molecule has 0 saturated carbocycles. The number of aromatic nitrogens is 2. The summed E-state index contributed by atoms with van der Waals surface area (Å²) in [4.78, 5) is 9.78. The lowest BCUT2D eigenvalue weighted by molar-refractivity contribution is 0.586. The van der Waals surface area contributed by atoms with Crippen LogP contribution in [0, 0.1) is 0 Å². The third-order valence-corrected chi connectivity index (χ3v) is 10.8. The van der Waals surface area contributed by atoms with Gasteiger partial charge in [0.25, 0.3) is 0 Å². The second-order valence-corrected chi connectivity index (χ2v) is 13.9. The molecule has 0 saturated heterocycles. The van der Waals surface area contributed by atoms with Crippen molar-refractivity contribution in [3.8, 4) is 0 Å². The van der Waals surface area contributed by atoms with E-state index < -0.39 is 20.0 Å². The Morgan fingerprint density at radius 2 is 1.62 bits per heavy atom. The van der Waals surface area contributed by atoms with Crippen LogP contribution in [-0.4, -0.2) is 54.0 Å². The van der Waals surface area contributed by atoms with Gasteiger partial charge in [-0.15, -0.1) is 5.73 Å². The molecule has 10 nitrogen and oxygen atoms in total. The predicted molar refractivity (Wildman–Crippen MR) is 165 cm³/mol. The predicted octanol–water partition coefficient (Wildman–Crippen LogP) is 4.42. The van der Waals surface area contributed by atoms with Crippen molar-refractivity contribution >= 4 is 63.3 Å². The van der Waals surface area contributed by atoms with Crippen molar-refractivity contribution in [3.05, 3.63) is 81.4 Å². The van der Waals surface area contributed by atoms with Crippen molar-refractivity contribution in [1.29, 1.82) is 0 Å². The maximum absolute atomic E-state index is 12.1. The van der Waals surface area contributed by atoms with E-state index in [0.29, 0.717) is 15.5 Å². The molecule has 0 amide bonds. The molecular weight excluding hydrogens is 672 g/mol. The molecule has 2 aliphatic rings. The summed E-state index contributed by atoms with van der Waals surface area (Å²) in [5, 5.41) is 3.15. The van der Waals surface area contributed by atoms with Crippen LogP contribution in [0.5, 0.6) is 0 Å². The van der Waals surface area contributed by atoms with Gasteiger partial charge in [-0.2, -0.15) is 0 Å². The number of nitrogens with one attached hydrogen (secondary N) is 4. The minimum atomic E-state index is -3.48. The summed E-state index contributed by atoms with van der Waals surface area (Å²) in [5.74, 6) is 0. The van der Waals surface area contributed by atoms with Crippen molar-refractivity contribution in [1.82, 2.24) is 19.4 Å². The van der Waals surface area contributed by atoms with Gasteiger partial charge in [0.2, 0.25) is 20.0 Å². The third-order valence-electron chi connectivity index (χ3n) is 6.02. The Morgan fingerprint density at radius 3 is 2.18 bits per heavy atom. The van der Waals surface area contributed by atoms with Crippen LogP contribution < -0.4 is 19.7 Å². The van der Waals surface area contributed by atoms with Gasteiger partial charge in [-0.3, -0.25) is 0 Å². The highest BCUT2D eigenvalue weighted by Gasteiger charge is 2.25. The minimum Gasteiger partial charge on any atom is -0.384 e. The average molecular weight is 710 g/mol. The topological polar surface area (TPSA) is 136 Å². The summed E-state index contributed by atoms with van der Waals surface area (Å²) in [6.07, 6.45) is 5.27. The highest BCUT2D eigenvalue weighted by Crippen LogP contribution is 2.36. The number of halogens is 2. The summed E-state index contributed by atoms with van der Waals surface area (Å²) in [6.45, 7) is 8.67. The van der Waals surface area contributed by atoms with Crippen molar-refractivity contribution in [3.63, 3.8) is 0 Å². The van der Waals surface area contributed by atoms with Gasteiger partial charge in [-0.1, -0.05) is 13.2 Å². The highest BCUT2D eigenvalue weighted by molar-refractivity contribution is 9.10. The van der Waals surface area contributed by atoms with E-state index in [1.165, 1.54) is 14.1 Å². The Hall–Kier alpha value is -2.45. The van der Waals surface area contributed by atoms with E-state index in [9.17, 15) is 16.8 Å². The van der Waals surface area contributed by atoms with Crippen LogP contribution in [0.4, 0.5) is 11.4 Å². The van der Waals surface area contributed by atoms with E-state index in [4.69, 9.17) is 2.97 Å². The van der Waals surface area contributed by atoms with E-state index in [0.717, 1.165) is 54.1 Å². The summed E-state index contributed by atoms with van der Waals surface area (Å²) < 4.78 is 63.3. The first kappa shape index (κ1) is 29.5. The molecule has 2 aromatic carbocycles. The molecule has 3 aromatic rings. The Bertz CT molecular complexity index is 1590. The molecule has 5 rings (SSSR count). The zero-order valence-corrected chi connectivity index (χ0v) is 26.3. The van der Waals surface area contributed by atoms with Crippen LogP contribution in [0.25, 0.3) is 0 Å².